The first-order valence-corrected chi connectivity index (χ1v) is 12.8. The minimum absolute atomic E-state index is 0.550. The number of hydrogen-bond donors (Lipinski definition) is 2. The minimum Gasteiger partial charge on any atom is -0.383 e. The zero-order chi connectivity index (χ0) is 19.1. The van der Waals surface area contributed by atoms with Crippen LogP contribution in [0.4, 0.5) is 0 Å². The Balaban J connectivity index is 1.77. The Bertz CT molecular complexity index is 502. The molecular formula is C20H34I2N2O2+2. The third-order valence-electron chi connectivity index (χ3n) is 7.38. The van der Waals surface area contributed by atoms with Gasteiger partial charge in [0, 0.05) is 12.8 Å². The molecule has 6 heteroatoms. The Labute approximate surface area is 185 Å². The number of nitrogens with zero attached hydrogens (tertiary/aromatic N) is 2. The van der Waals surface area contributed by atoms with Crippen molar-refractivity contribution in [3.8, 4) is 0 Å². The van der Waals surface area contributed by atoms with E-state index >= 15 is 0 Å². The second kappa shape index (κ2) is 7.89. The summed E-state index contributed by atoms with van der Waals surface area (Å²) in [6.07, 6.45) is 6.97. The van der Waals surface area contributed by atoms with Crippen molar-refractivity contribution in [2.24, 2.45) is 0 Å². The lowest BCUT2D eigenvalue weighted by Gasteiger charge is -2.51. The van der Waals surface area contributed by atoms with Gasteiger partial charge in [-0.1, -0.05) is 57.3 Å². The second-order valence-corrected chi connectivity index (χ2v) is 10.9. The summed E-state index contributed by atoms with van der Waals surface area (Å²) in [5.74, 6) is 0. The molecule has 3 fully saturated rings. The Hall–Kier alpha value is 0.780. The molecule has 0 saturated carbocycles. The maximum Gasteiger partial charge on any atom is 0.129 e. The summed E-state index contributed by atoms with van der Waals surface area (Å²) in [5.41, 5.74) is -1.14. The van der Waals surface area contributed by atoms with Gasteiger partial charge in [-0.05, 0) is 12.8 Å². The van der Waals surface area contributed by atoms with Gasteiger partial charge < -0.3 is 19.2 Å². The lowest BCUT2D eigenvalue weighted by atomic mass is 9.97. The Morgan fingerprint density at radius 2 is 1.15 bits per heavy atom. The molecule has 0 aromatic carbocycles. The van der Waals surface area contributed by atoms with E-state index in [0.717, 1.165) is 69.9 Å². The number of alkyl halides is 2. The molecule has 3 heterocycles. The van der Waals surface area contributed by atoms with Crippen molar-refractivity contribution >= 4 is 45.2 Å². The van der Waals surface area contributed by atoms with Gasteiger partial charge >= 0.3 is 0 Å². The molecule has 3 aliphatic heterocycles. The third-order valence-corrected chi connectivity index (χ3v) is 9.42. The van der Waals surface area contributed by atoms with Crippen LogP contribution in [0.15, 0.2) is 25.3 Å². The van der Waals surface area contributed by atoms with E-state index in [2.05, 4.69) is 58.3 Å². The number of halogens is 2. The maximum absolute atomic E-state index is 11.1. The van der Waals surface area contributed by atoms with E-state index in [0.29, 0.717) is 24.9 Å². The van der Waals surface area contributed by atoms with Crippen molar-refractivity contribution in [2.75, 3.05) is 48.1 Å². The van der Waals surface area contributed by atoms with Crippen LogP contribution < -0.4 is 0 Å². The lowest BCUT2D eigenvalue weighted by Crippen LogP contribution is -2.70. The van der Waals surface area contributed by atoms with Crippen molar-refractivity contribution in [2.45, 2.75) is 49.0 Å². The maximum atomic E-state index is 11.1. The molecule has 3 aliphatic rings. The quantitative estimate of drug-likeness (QED) is 0.217. The van der Waals surface area contributed by atoms with Gasteiger partial charge in [0.15, 0.2) is 0 Å². The van der Waals surface area contributed by atoms with Crippen molar-refractivity contribution < 1.29 is 19.2 Å². The molecule has 0 aromatic heterocycles. The number of aliphatic hydroxyl groups is 2. The highest BCUT2D eigenvalue weighted by atomic mass is 127. The van der Waals surface area contributed by atoms with Gasteiger partial charge in [-0.2, -0.15) is 0 Å². The number of quaternary nitrogens is 2. The van der Waals surface area contributed by atoms with Gasteiger partial charge in [-0.25, -0.2) is 0 Å². The van der Waals surface area contributed by atoms with E-state index in [4.69, 9.17) is 0 Å². The van der Waals surface area contributed by atoms with E-state index in [1.165, 1.54) is 0 Å². The molecule has 26 heavy (non-hydrogen) atoms. The van der Waals surface area contributed by atoms with E-state index in [1.807, 2.05) is 12.2 Å². The second-order valence-electron chi connectivity index (χ2n) is 9.11. The van der Waals surface area contributed by atoms with Gasteiger partial charge in [0.1, 0.15) is 62.6 Å². The van der Waals surface area contributed by atoms with Gasteiger partial charge in [-0.15, -0.1) is 13.2 Å². The number of hydrogen-bond acceptors (Lipinski definition) is 2. The molecule has 3 saturated heterocycles. The van der Waals surface area contributed by atoms with Crippen LogP contribution in [-0.2, 0) is 0 Å². The molecule has 0 unspecified atom stereocenters. The van der Waals surface area contributed by atoms with Gasteiger partial charge in [-0.3, -0.25) is 0 Å². The summed E-state index contributed by atoms with van der Waals surface area (Å²) in [5, 5.41) is 22.1. The normalized spacial score (nSPS) is 48.3. The molecule has 0 aromatic rings. The SMILES string of the molecule is C=CC[C@]1(O)C[C@@H](CI)[N+]2(CC[N+]3(CC2)C[C@](O)(CC=C)C[C@@H]3CI)C1. The molecule has 3 rings (SSSR count). The fourth-order valence-corrected chi connectivity index (χ4v) is 8.42. The predicted octanol–water partition coefficient (Wildman–Crippen LogP) is 2.66. The van der Waals surface area contributed by atoms with E-state index in [-0.39, 0.29) is 0 Å². The first-order chi connectivity index (χ1) is 12.3. The predicted molar refractivity (Wildman–Crippen MR) is 124 cm³/mol. The average Bonchev–Trinajstić information content (AvgIpc) is 3.03. The largest absolute Gasteiger partial charge is 0.383 e. The zero-order valence-corrected chi connectivity index (χ0v) is 20.1. The Morgan fingerprint density at radius 3 is 1.42 bits per heavy atom. The fourth-order valence-electron chi connectivity index (χ4n) is 6.13. The molecule has 2 spiro atoms. The highest BCUT2D eigenvalue weighted by molar-refractivity contribution is 14.1. The first kappa shape index (κ1) is 21.5. The van der Waals surface area contributed by atoms with E-state index < -0.39 is 11.2 Å². The minimum atomic E-state index is -0.572. The molecule has 0 amide bonds. The van der Waals surface area contributed by atoms with Crippen LogP contribution in [0.5, 0.6) is 0 Å². The topological polar surface area (TPSA) is 40.5 Å². The molecule has 4 atom stereocenters. The molecule has 0 radical (unpaired) electrons. The summed E-state index contributed by atoms with van der Waals surface area (Å²) in [6.45, 7) is 14.0. The Morgan fingerprint density at radius 1 is 0.808 bits per heavy atom. The fraction of sp³-hybridized carbons (Fsp3) is 0.800. The molecule has 0 aliphatic carbocycles. The van der Waals surface area contributed by atoms with Gasteiger partial charge in [0.05, 0.1) is 8.86 Å². The van der Waals surface area contributed by atoms with E-state index in [1.54, 1.807) is 0 Å². The van der Waals surface area contributed by atoms with Crippen LogP contribution in [0.1, 0.15) is 25.7 Å². The summed E-state index contributed by atoms with van der Waals surface area (Å²) < 4.78 is 4.35. The van der Waals surface area contributed by atoms with Crippen LogP contribution >= 0.6 is 45.2 Å². The van der Waals surface area contributed by atoms with Crippen molar-refractivity contribution in [3.63, 3.8) is 0 Å². The molecule has 0 bridgehead atoms. The number of rotatable bonds is 6. The monoisotopic (exact) mass is 588 g/mol. The Kier molecular flexibility index (Phi) is 6.52. The molecule has 2 N–H and O–H groups in total. The molecule has 4 nitrogen and oxygen atoms in total. The average molecular weight is 588 g/mol. The summed E-state index contributed by atoms with van der Waals surface area (Å²) in [6, 6.07) is 1.10. The van der Waals surface area contributed by atoms with Crippen molar-refractivity contribution in [1.29, 1.82) is 0 Å². The van der Waals surface area contributed by atoms with Crippen LogP contribution in [-0.4, -0.2) is 90.6 Å². The van der Waals surface area contributed by atoms with Crippen molar-refractivity contribution in [3.05, 3.63) is 25.3 Å². The molecule has 148 valence electrons. The molecular weight excluding hydrogens is 554 g/mol. The van der Waals surface area contributed by atoms with Gasteiger partial charge in [0.25, 0.3) is 0 Å². The van der Waals surface area contributed by atoms with Gasteiger partial charge in [0.2, 0.25) is 0 Å². The van der Waals surface area contributed by atoms with Crippen LogP contribution in [0.2, 0.25) is 0 Å². The zero-order valence-electron chi connectivity index (χ0n) is 15.8. The summed E-state index contributed by atoms with van der Waals surface area (Å²) in [4.78, 5) is 0. The third kappa shape index (κ3) is 3.79. The lowest BCUT2D eigenvalue weighted by molar-refractivity contribution is -1.04. The summed E-state index contributed by atoms with van der Waals surface area (Å²) in [7, 11) is 0. The van der Waals surface area contributed by atoms with Crippen LogP contribution in [0, 0.1) is 0 Å². The van der Waals surface area contributed by atoms with Crippen molar-refractivity contribution in [1.82, 2.24) is 0 Å². The highest BCUT2D eigenvalue weighted by Gasteiger charge is 2.61. The highest BCUT2D eigenvalue weighted by Crippen LogP contribution is 2.44. The summed E-state index contributed by atoms with van der Waals surface area (Å²) >= 11 is 5.01. The first-order valence-electron chi connectivity index (χ1n) is 9.78. The standard InChI is InChI=1S/C20H34I2N2O2/c1-3-5-19(25)11-17(13-21)23(15-19)7-9-24(10-8-23)16-20(26,6-4-2)12-18(24)14-22/h3-4,17-18,25-26H,1-2,5-16H2/q+2/t17-,18+,19-,20-,23?,24?/m0/s1. The van der Waals surface area contributed by atoms with E-state index in [9.17, 15) is 10.2 Å². The van der Waals surface area contributed by atoms with Crippen LogP contribution in [0.3, 0.4) is 0 Å². The van der Waals surface area contributed by atoms with Crippen LogP contribution in [0.25, 0.3) is 0 Å². The smallest absolute Gasteiger partial charge is 0.129 e. The number of piperazine rings is 1.